The quantitative estimate of drug-likeness (QED) is 0.689. The number of hydrogen-bond donors (Lipinski definition) is 3. The van der Waals surface area contributed by atoms with Crippen LogP contribution in [0.4, 0.5) is 5.69 Å². The van der Waals surface area contributed by atoms with Gasteiger partial charge in [0.2, 0.25) is 5.91 Å². The highest BCUT2D eigenvalue weighted by Gasteiger charge is 2.16. The molecule has 0 aliphatic heterocycles. The zero-order chi connectivity index (χ0) is 14.8. The first-order chi connectivity index (χ1) is 10.1. The Morgan fingerprint density at radius 2 is 2.00 bits per heavy atom. The van der Waals surface area contributed by atoms with Gasteiger partial charge in [0, 0.05) is 5.39 Å². The van der Waals surface area contributed by atoms with Crippen molar-refractivity contribution in [1.29, 1.82) is 0 Å². The molecule has 0 spiro atoms. The Hall–Kier alpha value is -2.66. The monoisotopic (exact) mass is 280 g/mol. The van der Waals surface area contributed by atoms with Gasteiger partial charge in [-0.2, -0.15) is 5.10 Å². The zero-order valence-electron chi connectivity index (χ0n) is 11.6. The lowest BCUT2D eigenvalue weighted by atomic mass is 10.1. The van der Waals surface area contributed by atoms with E-state index in [0.717, 1.165) is 22.0 Å². The maximum atomic E-state index is 12.3. The number of para-hydroxylation sites is 1. The van der Waals surface area contributed by atoms with Gasteiger partial charge in [-0.1, -0.05) is 42.0 Å². The lowest BCUT2D eigenvalue weighted by Crippen LogP contribution is -2.27. The van der Waals surface area contributed by atoms with Crippen LogP contribution in [0, 0.1) is 6.92 Å². The standard InChI is InChI=1S/C16H16N4O/c1-10-5-7-11(8-6-10)14(17)16(21)19-13-4-2-3-12-9-18-20-15(12)13/h2-9,14H,17H2,1H3,(H,18,20)(H,19,21). The normalized spacial score (nSPS) is 12.3. The minimum Gasteiger partial charge on any atom is -0.323 e. The highest BCUT2D eigenvalue weighted by atomic mass is 16.2. The van der Waals surface area contributed by atoms with Crippen LogP contribution in [0.5, 0.6) is 0 Å². The number of hydrogen-bond acceptors (Lipinski definition) is 3. The van der Waals surface area contributed by atoms with E-state index in [1.54, 1.807) is 6.20 Å². The van der Waals surface area contributed by atoms with Crippen molar-refractivity contribution < 1.29 is 4.79 Å². The molecule has 21 heavy (non-hydrogen) atoms. The topological polar surface area (TPSA) is 83.8 Å². The Morgan fingerprint density at radius 1 is 1.24 bits per heavy atom. The Balaban J connectivity index is 1.82. The predicted molar refractivity (Wildman–Crippen MR) is 82.8 cm³/mol. The fourth-order valence-corrected chi connectivity index (χ4v) is 2.21. The van der Waals surface area contributed by atoms with E-state index in [1.807, 2.05) is 49.4 Å². The molecule has 106 valence electrons. The number of rotatable bonds is 3. The van der Waals surface area contributed by atoms with E-state index in [0.29, 0.717) is 5.69 Å². The fraction of sp³-hybridized carbons (Fsp3) is 0.125. The summed E-state index contributed by atoms with van der Waals surface area (Å²) in [6, 6.07) is 12.5. The van der Waals surface area contributed by atoms with Crippen LogP contribution in [-0.2, 0) is 4.79 Å². The summed E-state index contributed by atoms with van der Waals surface area (Å²) in [5, 5.41) is 10.6. The summed E-state index contributed by atoms with van der Waals surface area (Å²) in [7, 11) is 0. The van der Waals surface area contributed by atoms with Gasteiger partial charge < -0.3 is 11.1 Å². The zero-order valence-corrected chi connectivity index (χ0v) is 11.6. The van der Waals surface area contributed by atoms with Gasteiger partial charge in [-0.15, -0.1) is 0 Å². The molecule has 1 aromatic heterocycles. The number of aryl methyl sites for hydroxylation is 1. The second-order valence-corrected chi connectivity index (χ2v) is 5.02. The molecule has 2 aromatic carbocycles. The molecule has 1 amide bonds. The van der Waals surface area contributed by atoms with Gasteiger partial charge in [0.1, 0.15) is 6.04 Å². The summed E-state index contributed by atoms with van der Waals surface area (Å²) in [6.45, 7) is 1.99. The molecule has 1 unspecified atom stereocenters. The Morgan fingerprint density at radius 3 is 2.76 bits per heavy atom. The fourth-order valence-electron chi connectivity index (χ4n) is 2.21. The van der Waals surface area contributed by atoms with Crippen molar-refractivity contribution in [2.45, 2.75) is 13.0 Å². The second-order valence-electron chi connectivity index (χ2n) is 5.02. The van der Waals surface area contributed by atoms with Gasteiger partial charge in [-0.3, -0.25) is 9.89 Å². The Labute approximate surface area is 122 Å². The second kappa shape index (κ2) is 5.38. The summed E-state index contributed by atoms with van der Waals surface area (Å²) >= 11 is 0. The third-order valence-corrected chi connectivity index (χ3v) is 3.45. The van der Waals surface area contributed by atoms with Gasteiger partial charge >= 0.3 is 0 Å². The maximum Gasteiger partial charge on any atom is 0.245 e. The van der Waals surface area contributed by atoms with Gasteiger partial charge in [-0.05, 0) is 18.6 Å². The van der Waals surface area contributed by atoms with E-state index < -0.39 is 6.04 Å². The molecule has 0 fully saturated rings. The molecule has 5 heteroatoms. The van der Waals surface area contributed by atoms with Crippen LogP contribution >= 0.6 is 0 Å². The number of amides is 1. The first kappa shape index (κ1) is 13.3. The SMILES string of the molecule is Cc1ccc(C(N)C(=O)Nc2cccc3cn[nH]c23)cc1. The van der Waals surface area contributed by atoms with E-state index >= 15 is 0 Å². The summed E-state index contributed by atoms with van der Waals surface area (Å²) in [5.41, 5.74) is 9.41. The molecular weight excluding hydrogens is 264 g/mol. The Kier molecular flexibility index (Phi) is 3.41. The van der Waals surface area contributed by atoms with Crippen LogP contribution < -0.4 is 11.1 Å². The molecule has 0 bridgehead atoms. The molecule has 3 rings (SSSR count). The summed E-state index contributed by atoms with van der Waals surface area (Å²) in [6.07, 6.45) is 1.71. The van der Waals surface area contributed by atoms with Crippen LogP contribution in [0.3, 0.4) is 0 Å². The lowest BCUT2D eigenvalue weighted by molar-refractivity contribution is -0.117. The molecule has 1 heterocycles. The molecule has 1 atom stereocenters. The van der Waals surface area contributed by atoms with E-state index in [1.165, 1.54) is 0 Å². The number of fused-ring (bicyclic) bond motifs is 1. The highest BCUT2D eigenvalue weighted by Crippen LogP contribution is 2.22. The molecule has 0 saturated carbocycles. The van der Waals surface area contributed by atoms with Gasteiger partial charge in [0.15, 0.2) is 0 Å². The molecule has 0 aliphatic rings. The van der Waals surface area contributed by atoms with Crippen molar-refractivity contribution in [2.24, 2.45) is 5.73 Å². The van der Waals surface area contributed by atoms with Crippen molar-refractivity contribution in [2.75, 3.05) is 5.32 Å². The number of nitrogens with two attached hydrogens (primary N) is 1. The number of nitrogens with zero attached hydrogens (tertiary/aromatic N) is 1. The average molecular weight is 280 g/mol. The van der Waals surface area contributed by atoms with Crippen LogP contribution in [0.2, 0.25) is 0 Å². The molecule has 4 N–H and O–H groups in total. The van der Waals surface area contributed by atoms with Crippen molar-refractivity contribution in [3.05, 3.63) is 59.8 Å². The van der Waals surface area contributed by atoms with Crippen LogP contribution in [-0.4, -0.2) is 16.1 Å². The van der Waals surface area contributed by atoms with E-state index in [4.69, 9.17) is 5.73 Å². The lowest BCUT2D eigenvalue weighted by Gasteiger charge is -2.13. The molecule has 3 aromatic rings. The van der Waals surface area contributed by atoms with Crippen molar-refractivity contribution in [1.82, 2.24) is 10.2 Å². The van der Waals surface area contributed by atoms with Crippen LogP contribution in [0.15, 0.2) is 48.7 Å². The number of carbonyl (C=O) groups excluding carboxylic acids is 1. The van der Waals surface area contributed by atoms with Crippen LogP contribution in [0.25, 0.3) is 10.9 Å². The van der Waals surface area contributed by atoms with Crippen molar-refractivity contribution in [3.8, 4) is 0 Å². The summed E-state index contributed by atoms with van der Waals surface area (Å²) in [5.74, 6) is -0.249. The van der Waals surface area contributed by atoms with E-state index in [-0.39, 0.29) is 5.91 Å². The third-order valence-electron chi connectivity index (χ3n) is 3.45. The first-order valence-corrected chi connectivity index (χ1v) is 6.70. The van der Waals surface area contributed by atoms with Crippen LogP contribution in [0.1, 0.15) is 17.2 Å². The minimum atomic E-state index is -0.705. The average Bonchev–Trinajstić information content (AvgIpc) is 2.97. The summed E-state index contributed by atoms with van der Waals surface area (Å²) in [4.78, 5) is 12.3. The number of aromatic amines is 1. The third kappa shape index (κ3) is 2.64. The van der Waals surface area contributed by atoms with Crippen molar-refractivity contribution in [3.63, 3.8) is 0 Å². The number of benzene rings is 2. The number of nitrogens with one attached hydrogen (secondary N) is 2. The summed E-state index contributed by atoms with van der Waals surface area (Å²) < 4.78 is 0. The molecule has 5 nitrogen and oxygen atoms in total. The Bertz CT molecular complexity index is 776. The van der Waals surface area contributed by atoms with Crippen molar-refractivity contribution >= 4 is 22.5 Å². The smallest absolute Gasteiger partial charge is 0.245 e. The number of H-pyrrole nitrogens is 1. The van der Waals surface area contributed by atoms with Gasteiger partial charge in [0.25, 0.3) is 0 Å². The number of carbonyl (C=O) groups is 1. The van der Waals surface area contributed by atoms with E-state index in [9.17, 15) is 4.79 Å². The predicted octanol–water partition coefficient (Wildman–Crippen LogP) is 2.51. The minimum absolute atomic E-state index is 0.249. The van der Waals surface area contributed by atoms with E-state index in [2.05, 4.69) is 15.5 Å². The largest absolute Gasteiger partial charge is 0.323 e. The molecule has 0 saturated heterocycles. The maximum absolute atomic E-state index is 12.3. The van der Waals surface area contributed by atoms with Gasteiger partial charge in [-0.25, -0.2) is 0 Å². The first-order valence-electron chi connectivity index (χ1n) is 6.70. The molecule has 0 radical (unpaired) electrons. The molecule has 0 aliphatic carbocycles. The highest BCUT2D eigenvalue weighted by molar-refractivity contribution is 6.02. The number of anilines is 1. The van der Waals surface area contributed by atoms with Gasteiger partial charge in [0.05, 0.1) is 17.4 Å². The number of aromatic nitrogens is 2. The molecular formula is C16H16N4O.